The molecule has 0 radical (unpaired) electrons. The van der Waals surface area contributed by atoms with E-state index < -0.39 is 0 Å². The highest BCUT2D eigenvalue weighted by Gasteiger charge is 2.39. The summed E-state index contributed by atoms with van der Waals surface area (Å²) in [4.78, 5) is 29.8. The lowest BCUT2D eigenvalue weighted by Gasteiger charge is -2.35. The van der Waals surface area contributed by atoms with Gasteiger partial charge in [-0.25, -0.2) is 0 Å². The fraction of sp³-hybridized carbons (Fsp3) is 0.882. The minimum Gasteiger partial charge on any atom is -0.342 e. The Balaban J connectivity index is 0.00000192. The normalized spacial score (nSPS) is 28.9. The van der Waals surface area contributed by atoms with E-state index in [0.29, 0.717) is 0 Å². The van der Waals surface area contributed by atoms with Gasteiger partial charge in [-0.2, -0.15) is 0 Å². The first-order valence-electron chi connectivity index (χ1n) is 9.05. The third-order valence-electron chi connectivity index (χ3n) is 5.47. The van der Waals surface area contributed by atoms with Crippen molar-refractivity contribution in [2.75, 3.05) is 39.3 Å². The summed E-state index contributed by atoms with van der Waals surface area (Å²) < 4.78 is 0. The average molecular weight is 344 g/mol. The molecule has 2 aliphatic heterocycles. The van der Waals surface area contributed by atoms with Crippen LogP contribution in [0.3, 0.4) is 0 Å². The van der Waals surface area contributed by atoms with Crippen molar-refractivity contribution in [2.45, 2.75) is 44.9 Å². The largest absolute Gasteiger partial charge is 0.342 e. The summed E-state index contributed by atoms with van der Waals surface area (Å²) in [5.74, 6) is 0.361. The second-order valence-electron chi connectivity index (χ2n) is 6.96. The lowest BCUT2D eigenvalue weighted by atomic mass is 9.77. The van der Waals surface area contributed by atoms with E-state index in [4.69, 9.17) is 0 Å². The van der Waals surface area contributed by atoms with Gasteiger partial charge in [0.25, 0.3) is 0 Å². The number of amides is 2. The van der Waals surface area contributed by atoms with E-state index in [2.05, 4.69) is 5.32 Å². The molecule has 0 aromatic rings. The summed E-state index contributed by atoms with van der Waals surface area (Å²) >= 11 is 0. The van der Waals surface area contributed by atoms with Crippen LogP contribution in [-0.4, -0.2) is 60.9 Å². The molecule has 2 amide bonds. The molecule has 2 saturated heterocycles. The molecule has 3 aliphatic rings. The topological polar surface area (TPSA) is 52.7 Å². The molecule has 2 unspecified atom stereocenters. The van der Waals surface area contributed by atoms with Crippen LogP contribution in [0, 0.1) is 11.8 Å². The number of nitrogens with zero attached hydrogens (tertiary/aromatic N) is 2. The minimum absolute atomic E-state index is 0. The van der Waals surface area contributed by atoms with Gasteiger partial charge in [-0.3, -0.25) is 9.59 Å². The van der Waals surface area contributed by atoms with Gasteiger partial charge in [0, 0.05) is 44.6 Å². The molecule has 3 fully saturated rings. The Morgan fingerprint density at radius 3 is 1.83 bits per heavy atom. The van der Waals surface area contributed by atoms with Crippen molar-refractivity contribution in [3.8, 4) is 0 Å². The van der Waals surface area contributed by atoms with Crippen molar-refractivity contribution < 1.29 is 9.59 Å². The lowest BCUT2D eigenvalue weighted by molar-refractivity contribution is -0.147. The van der Waals surface area contributed by atoms with Crippen molar-refractivity contribution in [3.63, 3.8) is 0 Å². The molecule has 1 aliphatic carbocycles. The maximum absolute atomic E-state index is 13.0. The van der Waals surface area contributed by atoms with Gasteiger partial charge >= 0.3 is 0 Å². The first kappa shape index (κ1) is 18.5. The second-order valence-corrected chi connectivity index (χ2v) is 6.96. The summed E-state index contributed by atoms with van der Waals surface area (Å²) in [6.07, 6.45) is 7.24. The molecule has 1 saturated carbocycles. The van der Waals surface area contributed by atoms with Crippen molar-refractivity contribution in [2.24, 2.45) is 11.8 Å². The highest BCUT2D eigenvalue weighted by atomic mass is 35.5. The summed E-state index contributed by atoms with van der Waals surface area (Å²) in [7, 11) is 0. The molecular formula is C17H30ClN3O2. The van der Waals surface area contributed by atoms with Gasteiger partial charge in [-0.05, 0) is 38.6 Å². The SMILES string of the molecule is Cl.O=C(C1CCCCC1C(=O)N1CCCNCC1)N1CCCC1. The minimum atomic E-state index is -0.0695. The van der Waals surface area contributed by atoms with Crippen molar-refractivity contribution in [1.29, 1.82) is 0 Å². The Kier molecular flexibility index (Phi) is 7.15. The summed E-state index contributed by atoms with van der Waals surface area (Å²) in [6, 6.07) is 0. The molecule has 0 aromatic heterocycles. The number of carbonyl (C=O) groups is 2. The molecule has 0 aromatic carbocycles. The predicted octanol–water partition coefficient (Wildman–Crippen LogP) is 1.66. The maximum atomic E-state index is 13.0. The zero-order valence-electron chi connectivity index (χ0n) is 14.0. The number of carbonyl (C=O) groups excluding carboxylic acids is 2. The number of halogens is 1. The van der Waals surface area contributed by atoms with Crippen LogP contribution in [0.1, 0.15) is 44.9 Å². The smallest absolute Gasteiger partial charge is 0.226 e. The van der Waals surface area contributed by atoms with Crippen LogP contribution in [0.15, 0.2) is 0 Å². The number of likely N-dealkylation sites (tertiary alicyclic amines) is 1. The van der Waals surface area contributed by atoms with E-state index in [9.17, 15) is 9.59 Å². The molecule has 6 heteroatoms. The number of hydrogen-bond donors (Lipinski definition) is 1. The molecule has 5 nitrogen and oxygen atoms in total. The zero-order chi connectivity index (χ0) is 15.4. The fourth-order valence-electron chi connectivity index (χ4n) is 4.19. The molecule has 2 heterocycles. The molecule has 132 valence electrons. The molecule has 1 N–H and O–H groups in total. The van der Waals surface area contributed by atoms with Gasteiger partial charge in [-0.1, -0.05) is 12.8 Å². The monoisotopic (exact) mass is 343 g/mol. The first-order valence-corrected chi connectivity index (χ1v) is 9.05. The van der Waals surface area contributed by atoms with Gasteiger partial charge in [0.15, 0.2) is 0 Å². The Hall–Kier alpha value is -0.810. The standard InChI is InChI=1S/C17H29N3O2.ClH/c21-16(19-10-3-4-11-19)14-6-1-2-7-15(14)17(22)20-12-5-8-18-9-13-20;/h14-15,18H,1-13H2;1H. The second kappa shape index (κ2) is 8.88. The summed E-state index contributed by atoms with van der Waals surface area (Å²) in [5.41, 5.74) is 0. The summed E-state index contributed by atoms with van der Waals surface area (Å²) in [6.45, 7) is 5.29. The predicted molar refractivity (Wildman–Crippen MR) is 92.6 cm³/mol. The van der Waals surface area contributed by atoms with Crippen LogP contribution in [0.2, 0.25) is 0 Å². The van der Waals surface area contributed by atoms with Crippen LogP contribution >= 0.6 is 12.4 Å². The van der Waals surface area contributed by atoms with E-state index in [-0.39, 0.29) is 36.1 Å². The van der Waals surface area contributed by atoms with E-state index in [1.54, 1.807) is 0 Å². The van der Waals surface area contributed by atoms with E-state index in [1.165, 1.54) is 0 Å². The highest BCUT2D eigenvalue weighted by Crippen LogP contribution is 2.33. The van der Waals surface area contributed by atoms with Gasteiger partial charge in [0.1, 0.15) is 0 Å². The van der Waals surface area contributed by atoms with Gasteiger partial charge in [0.05, 0.1) is 0 Å². The quantitative estimate of drug-likeness (QED) is 0.829. The number of hydrogen-bond acceptors (Lipinski definition) is 3. The van der Waals surface area contributed by atoms with E-state index in [0.717, 1.165) is 84.2 Å². The summed E-state index contributed by atoms with van der Waals surface area (Å²) in [5, 5.41) is 3.34. The molecule has 2 atom stereocenters. The van der Waals surface area contributed by atoms with Gasteiger partial charge < -0.3 is 15.1 Å². The third-order valence-corrected chi connectivity index (χ3v) is 5.47. The number of rotatable bonds is 2. The lowest BCUT2D eigenvalue weighted by Crippen LogP contribution is -2.46. The van der Waals surface area contributed by atoms with Crippen LogP contribution < -0.4 is 5.32 Å². The van der Waals surface area contributed by atoms with Crippen molar-refractivity contribution >= 4 is 24.2 Å². The molecule has 23 heavy (non-hydrogen) atoms. The van der Waals surface area contributed by atoms with Crippen LogP contribution in [0.5, 0.6) is 0 Å². The van der Waals surface area contributed by atoms with Crippen molar-refractivity contribution in [3.05, 3.63) is 0 Å². The molecule has 0 bridgehead atoms. The number of nitrogens with one attached hydrogen (secondary N) is 1. The Labute approximate surface area is 145 Å². The maximum Gasteiger partial charge on any atom is 0.226 e. The Morgan fingerprint density at radius 1 is 0.696 bits per heavy atom. The van der Waals surface area contributed by atoms with E-state index in [1.807, 2.05) is 9.80 Å². The van der Waals surface area contributed by atoms with Crippen LogP contribution in [0.4, 0.5) is 0 Å². The first-order chi connectivity index (χ1) is 10.8. The Morgan fingerprint density at radius 2 is 1.22 bits per heavy atom. The van der Waals surface area contributed by atoms with Gasteiger partial charge in [-0.15, -0.1) is 12.4 Å². The molecule has 3 rings (SSSR count). The van der Waals surface area contributed by atoms with Crippen LogP contribution in [0.25, 0.3) is 0 Å². The molecular weight excluding hydrogens is 314 g/mol. The van der Waals surface area contributed by atoms with Crippen molar-refractivity contribution in [1.82, 2.24) is 15.1 Å². The average Bonchev–Trinajstić information content (AvgIpc) is 2.96. The Bertz CT molecular complexity index is 405. The van der Waals surface area contributed by atoms with Crippen LogP contribution in [-0.2, 0) is 9.59 Å². The molecule has 0 spiro atoms. The third kappa shape index (κ3) is 4.38. The fourth-order valence-corrected chi connectivity index (χ4v) is 4.19. The van der Waals surface area contributed by atoms with E-state index >= 15 is 0 Å². The zero-order valence-corrected chi connectivity index (χ0v) is 14.8. The van der Waals surface area contributed by atoms with Gasteiger partial charge in [0.2, 0.25) is 11.8 Å². The highest BCUT2D eigenvalue weighted by molar-refractivity contribution is 5.88.